The van der Waals surface area contributed by atoms with Gasteiger partial charge in [-0.3, -0.25) is 4.99 Å². The van der Waals surface area contributed by atoms with Gasteiger partial charge in [-0.25, -0.2) is 13.8 Å². The van der Waals surface area contributed by atoms with E-state index in [2.05, 4.69) is 27.0 Å². The second-order valence-electron chi connectivity index (χ2n) is 6.74. The second-order valence-corrected chi connectivity index (χ2v) is 7.18. The van der Waals surface area contributed by atoms with Crippen LogP contribution in [-0.4, -0.2) is 44.1 Å². The number of hydrogen-bond donors (Lipinski definition) is 3. The Morgan fingerprint density at radius 2 is 2.09 bits per heavy atom. The molecule has 3 aromatic rings. The highest BCUT2D eigenvalue weighted by atomic mass is 35.5. The van der Waals surface area contributed by atoms with Gasteiger partial charge in [0.1, 0.15) is 17.3 Å². The number of benzene rings is 1. The van der Waals surface area contributed by atoms with Gasteiger partial charge in [-0.05, 0) is 36.9 Å². The minimum atomic E-state index is -2.99. The van der Waals surface area contributed by atoms with E-state index in [1.54, 1.807) is 37.3 Å². The monoisotopic (exact) mass is 490 g/mol. The van der Waals surface area contributed by atoms with Gasteiger partial charge in [0.05, 0.1) is 24.9 Å². The van der Waals surface area contributed by atoms with Gasteiger partial charge in [0, 0.05) is 15.9 Å². The average molecular weight is 491 g/mol. The zero-order valence-corrected chi connectivity index (χ0v) is 19.7. The summed E-state index contributed by atoms with van der Waals surface area (Å²) in [4.78, 5) is 8.62. The molecule has 11 heteroatoms. The van der Waals surface area contributed by atoms with Crippen molar-refractivity contribution >= 4 is 29.0 Å². The third kappa shape index (κ3) is 5.75. The Morgan fingerprint density at radius 1 is 1.38 bits per heavy atom. The van der Waals surface area contributed by atoms with Crippen LogP contribution in [0.3, 0.4) is 0 Å². The molecule has 0 radical (unpaired) electrons. The summed E-state index contributed by atoms with van der Waals surface area (Å²) < 4.78 is 28.0. The van der Waals surface area contributed by atoms with Gasteiger partial charge in [-0.1, -0.05) is 38.1 Å². The SMILES string of the molecule is C=CNc1cc(Cl)ccc1/C=c1\c(C)nc2c(C#N)c(C(F)F)nn2c1=NC[C@@H](O)CO.CC. The molecule has 8 nitrogen and oxygen atoms in total. The number of aliphatic hydroxyl groups is 2. The number of hydrogen-bond acceptors (Lipinski definition) is 7. The molecule has 1 aromatic carbocycles. The molecule has 1 atom stereocenters. The number of aliphatic hydroxyl groups excluding tert-OH is 2. The van der Waals surface area contributed by atoms with Crippen LogP contribution >= 0.6 is 11.6 Å². The lowest BCUT2D eigenvalue weighted by Crippen LogP contribution is -2.37. The van der Waals surface area contributed by atoms with Crippen molar-refractivity contribution in [1.82, 2.24) is 14.6 Å². The molecule has 0 saturated carbocycles. The summed E-state index contributed by atoms with van der Waals surface area (Å²) in [6, 6.07) is 6.82. The largest absolute Gasteiger partial charge is 0.394 e. The van der Waals surface area contributed by atoms with E-state index < -0.39 is 24.8 Å². The van der Waals surface area contributed by atoms with E-state index in [0.29, 0.717) is 27.2 Å². The van der Waals surface area contributed by atoms with E-state index in [1.165, 1.54) is 6.20 Å². The molecule has 0 saturated heterocycles. The van der Waals surface area contributed by atoms with E-state index in [9.17, 15) is 19.1 Å². The summed E-state index contributed by atoms with van der Waals surface area (Å²) in [5, 5.41) is 36.1. The first kappa shape index (κ1) is 26.9. The van der Waals surface area contributed by atoms with Gasteiger partial charge in [0.25, 0.3) is 6.43 Å². The zero-order valence-electron chi connectivity index (χ0n) is 18.9. The van der Waals surface area contributed by atoms with Gasteiger partial charge < -0.3 is 15.5 Å². The number of anilines is 1. The number of nitrogens with one attached hydrogen (secondary N) is 1. The molecule has 3 rings (SSSR count). The Bertz CT molecular complexity index is 1330. The molecule has 0 aliphatic rings. The van der Waals surface area contributed by atoms with Gasteiger partial charge in [0.2, 0.25) is 0 Å². The van der Waals surface area contributed by atoms with Crippen LogP contribution in [0.15, 0.2) is 36.0 Å². The van der Waals surface area contributed by atoms with Crippen LogP contribution in [0.2, 0.25) is 5.02 Å². The summed E-state index contributed by atoms with van der Waals surface area (Å²) in [5.41, 5.74) is 0.648. The zero-order chi connectivity index (χ0) is 25.4. The quantitative estimate of drug-likeness (QED) is 0.468. The summed E-state index contributed by atoms with van der Waals surface area (Å²) in [7, 11) is 0. The standard InChI is InChI=1S/C21H19ClF2N6O2.C2H6/c1-3-26-17-7-13(22)5-4-12(17)6-15-11(2)28-21-16(8-25)18(19(23)24)29-30(21)20(15)27-9-14(32)10-31;1-2/h3-7,14,19,26,31-32H,1,9-10H2,2H3;1-2H3/b15-6+,27-20?;/t14-;/m1./s1. The average Bonchev–Trinajstić information content (AvgIpc) is 3.19. The van der Waals surface area contributed by atoms with Crippen LogP contribution in [0.5, 0.6) is 0 Å². The maximum Gasteiger partial charge on any atom is 0.283 e. The third-order valence-corrected chi connectivity index (χ3v) is 4.78. The van der Waals surface area contributed by atoms with E-state index in [1.807, 2.05) is 13.8 Å². The highest BCUT2D eigenvalue weighted by Crippen LogP contribution is 2.23. The molecule has 0 bridgehead atoms. The minimum absolute atomic E-state index is 0.0739. The van der Waals surface area contributed by atoms with Gasteiger partial charge in [-0.2, -0.15) is 14.9 Å². The van der Waals surface area contributed by atoms with Crippen LogP contribution < -0.4 is 16.0 Å². The highest BCUT2D eigenvalue weighted by Gasteiger charge is 2.23. The minimum Gasteiger partial charge on any atom is -0.394 e. The molecule has 0 aliphatic carbocycles. The van der Waals surface area contributed by atoms with E-state index >= 15 is 0 Å². The second kappa shape index (κ2) is 12.2. The third-order valence-electron chi connectivity index (χ3n) is 4.55. The number of nitriles is 1. The summed E-state index contributed by atoms with van der Waals surface area (Å²) >= 11 is 6.08. The van der Waals surface area contributed by atoms with E-state index in [0.717, 1.165) is 4.52 Å². The molecule has 0 unspecified atom stereocenters. The Balaban J connectivity index is 0.00000199. The molecule has 2 aromatic heterocycles. The topological polar surface area (TPSA) is 119 Å². The lowest BCUT2D eigenvalue weighted by atomic mass is 10.1. The van der Waals surface area contributed by atoms with Crippen molar-refractivity contribution in [2.75, 3.05) is 18.5 Å². The number of aromatic nitrogens is 3. The summed E-state index contributed by atoms with van der Waals surface area (Å²) in [6.45, 7) is 8.52. The molecule has 34 heavy (non-hydrogen) atoms. The molecular weight excluding hydrogens is 466 g/mol. The molecule has 0 spiro atoms. The Labute approximate surface area is 200 Å². The van der Waals surface area contributed by atoms with Gasteiger partial charge in [0.15, 0.2) is 11.1 Å². The number of alkyl halides is 2. The van der Waals surface area contributed by atoms with Crippen LogP contribution in [0, 0.1) is 18.3 Å². The lowest BCUT2D eigenvalue weighted by Gasteiger charge is -2.08. The summed E-state index contributed by atoms with van der Waals surface area (Å²) in [5.74, 6) is 0. The van der Waals surface area contributed by atoms with Crippen LogP contribution in [0.4, 0.5) is 14.5 Å². The molecule has 180 valence electrons. The maximum absolute atomic E-state index is 13.5. The fraction of sp³-hybridized carbons (Fsp3) is 0.304. The van der Waals surface area contributed by atoms with Crippen molar-refractivity contribution in [3.05, 3.63) is 69.2 Å². The molecule has 0 aliphatic heterocycles. The van der Waals surface area contributed by atoms with Gasteiger partial charge >= 0.3 is 0 Å². The molecule has 0 amide bonds. The van der Waals surface area contributed by atoms with E-state index in [-0.39, 0.29) is 23.2 Å². The van der Waals surface area contributed by atoms with Crippen LogP contribution in [0.1, 0.15) is 42.8 Å². The molecule has 0 fully saturated rings. The Hall–Kier alpha value is -3.39. The first-order valence-electron chi connectivity index (χ1n) is 10.4. The first-order chi connectivity index (χ1) is 16.3. The number of fused-ring (bicyclic) bond motifs is 1. The molecule has 3 N–H and O–H groups in total. The number of halogens is 3. The van der Waals surface area contributed by atoms with Crippen molar-refractivity contribution in [3.8, 4) is 6.07 Å². The highest BCUT2D eigenvalue weighted by molar-refractivity contribution is 6.30. The fourth-order valence-corrected chi connectivity index (χ4v) is 3.22. The maximum atomic E-state index is 13.5. The van der Waals surface area contributed by atoms with Crippen LogP contribution in [0.25, 0.3) is 11.7 Å². The number of rotatable bonds is 7. The summed E-state index contributed by atoms with van der Waals surface area (Å²) in [6.07, 6.45) is -0.985. The van der Waals surface area contributed by atoms with Crippen molar-refractivity contribution in [2.45, 2.75) is 33.3 Å². The predicted molar refractivity (Wildman–Crippen MR) is 126 cm³/mol. The molecule has 2 heterocycles. The smallest absolute Gasteiger partial charge is 0.283 e. The predicted octanol–water partition coefficient (Wildman–Crippen LogP) is 2.88. The first-order valence-corrected chi connectivity index (χ1v) is 10.8. The lowest BCUT2D eigenvalue weighted by molar-refractivity contribution is 0.101. The van der Waals surface area contributed by atoms with Crippen molar-refractivity contribution in [2.24, 2.45) is 4.99 Å². The number of aryl methyl sites for hydroxylation is 1. The number of nitrogens with zero attached hydrogens (tertiary/aromatic N) is 5. The Kier molecular flexibility index (Phi) is 9.62. The van der Waals surface area contributed by atoms with Crippen molar-refractivity contribution in [1.29, 1.82) is 5.26 Å². The normalized spacial score (nSPS) is 12.9. The van der Waals surface area contributed by atoms with E-state index in [4.69, 9.17) is 16.7 Å². The molecular formula is C23H25ClF2N6O2. The van der Waals surface area contributed by atoms with Crippen LogP contribution in [-0.2, 0) is 0 Å². The fourth-order valence-electron chi connectivity index (χ4n) is 3.05. The Morgan fingerprint density at radius 3 is 2.68 bits per heavy atom. The van der Waals surface area contributed by atoms with Crippen molar-refractivity contribution < 1.29 is 19.0 Å². The van der Waals surface area contributed by atoms with Gasteiger partial charge in [-0.15, -0.1) is 0 Å². The van der Waals surface area contributed by atoms with Crippen molar-refractivity contribution in [3.63, 3.8) is 0 Å².